The van der Waals surface area contributed by atoms with E-state index in [-0.39, 0.29) is 5.41 Å². The number of fused-ring (bicyclic) bond motifs is 1. The molecule has 4 heteroatoms. The zero-order chi connectivity index (χ0) is 12.5. The Bertz CT molecular complexity index is 456. The van der Waals surface area contributed by atoms with Crippen molar-refractivity contribution in [2.75, 3.05) is 13.1 Å². The van der Waals surface area contributed by atoms with Crippen LogP contribution in [0.25, 0.3) is 0 Å². The summed E-state index contributed by atoms with van der Waals surface area (Å²) < 4.78 is 2.14. The number of likely N-dealkylation sites (tertiary alicyclic amines) is 1. The molecule has 4 nitrogen and oxygen atoms in total. The second kappa shape index (κ2) is 3.35. The molecule has 0 aromatic carbocycles. The highest BCUT2D eigenvalue weighted by Crippen LogP contribution is 2.56. The Balaban J connectivity index is 1.46. The van der Waals surface area contributed by atoms with Crippen molar-refractivity contribution in [2.24, 2.45) is 11.8 Å². The van der Waals surface area contributed by atoms with Crippen molar-refractivity contribution in [3.63, 3.8) is 0 Å². The summed E-state index contributed by atoms with van der Waals surface area (Å²) in [6.45, 7) is 9.19. The maximum absolute atomic E-state index is 4.36. The SMILES string of the molecule is CC(C)(C)c1cn([C@H]2[C@@H]3CN(C4CC4)C[C@@H]32)nn1. The van der Waals surface area contributed by atoms with Gasteiger partial charge < -0.3 is 0 Å². The van der Waals surface area contributed by atoms with Crippen molar-refractivity contribution in [1.82, 2.24) is 19.9 Å². The molecule has 2 heterocycles. The van der Waals surface area contributed by atoms with Crippen molar-refractivity contribution in [2.45, 2.75) is 51.1 Å². The van der Waals surface area contributed by atoms with Crippen LogP contribution in [0.4, 0.5) is 0 Å². The third-order valence-electron chi connectivity index (χ3n) is 4.82. The third kappa shape index (κ3) is 1.62. The summed E-state index contributed by atoms with van der Waals surface area (Å²) in [5.41, 5.74) is 1.23. The van der Waals surface area contributed by atoms with Crippen LogP contribution in [0.1, 0.15) is 45.3 Å². The van der Waals surface area contributed by atoms with Crippen molar-refractivity contribution in [3.05, 3.63) is 11.9 Å². The van der Waals surface area contributed by atoms with E-state index in [0.29, 0.717) is 6.04 Å². The van der Waals surface area contributed by atoms with Crippen LogP contribution >= 0.6 is 0 Å². The molecule has 2 saturated carbocycles. The van der Waals surface area contributed by atoms with Crippen LogP contribution in [0, 0.1) is 11.8 Å². The van der Waals surface area contributed by atoms with Gasteiger partial charge in [0.15, 0.2) is 0 Å². The summed E-state index contributed by atoms with van der Waals surface area (Å²) in [7, 11) is 0. The summed E-state index contributed by atoms with van der Waals surface area (Å²) in [5.74, 6) is 1.69. The summed E-state index contributed by atoms with van der Waals surface area (Å²) in [5, 5.41) is 8.70. The third-order valence-corrected chi connectivity index (χ3v) is 4.82. The van der Waals surface area contributed by atoms with E-state index in [2.05, 4.69) is 46.9 Å². The summed E-state index contributed by atoms with van der Waals surface area (Å²) in [6.07, 6.45) is 5.04. The largest absolute Gasteiger partial charge is 0.300 e. The molecule has 0 bridgehead atoms. The van der Waals surface area contributed by atoms with Gasteiger partial charge in [0.05, 0.1) is 11.7 Å². The number of rotatable bonds is 2. The van der Waals surface area contributed by atoms with Gasteiger partial charge in [0, 0.05) is 42.6 Å². The molecule has 0 amide bonds. The number of hydrogen-bond donors (Lipinski definition) is 0. The minimum atomic E-state index is 0.113. The topological polar surface area (TPSA) is 34.0 Å². The Morgan fingerprint density at radius 3 is 2.33 bits per heavy atom. The lowest BCUT2D eigenvalue weighted by Crippen LogP contribution is -2.27. The van der Waals surface area contributed by atoms with Crippen LogP contribution in [-0.2, 0) is 5.41 Å². The van der Waals surface area contributed by atoms with Crippen LogP contribution in [-0.4, -0.2) is 39.0 Å². The second-order valence-corrected chi connectivity index (χ2v) is 7.34. The first-order chi connectivity index (χ1) is 8.54. The zero-order valence-electron chi connectivity index (χ0n) is 11.5. The molecule has 1 aliphatic heterocycles. The molecule has 2 aliphatic carbocycles. The molecule has 3 fully saturated rings. The van der Waals surface area contributed by atoms with E-state index in [4.69, 9.17) is 0 Å². The van der Waals surface area contributed by atoms with E-state index < -0.39 is 0 Å². The number of nitrogens with zero attached hydrogens (tertiary/aromatic N) is 4. The van der Waals surface area contributed by atoms with E-state index >= 15 is 0 Å². The minimum Gasteiger partial charge on any atom is -0.300 e. The van der Waals surface area contributed by atoms with Gasteiger partial charge in [-0.1, -0.05) is 26.0 Å². The first-order valence-corrected chi connectivity index (χ1v) is 7.20. The second-order valence-electron chi connectivity index (χ2n) is 7.34. The molecule has 0 spiro atoms. The Hall–Kier alpha value is -0.900. The molecular formula is C14H22N4. The lowest BCUT2D eigenvalue weighted by Gasteiger charge is -2.18. The molecular weight excluding hydrogens is 224 g/mol. The summed E-state index contributed by atoms with van der Waals surface area (Å²) in [4.78, 5) is 2.69. The van der Waals surface area contributed by atoms with Gasteiger partial charge in [-0.3, -0.25) is 4.90 Å². The van der Waals surface area contributed by atoms with Crippen molar-refractivity contribution in [1.29, 1.82) is 0 Å². The van der Waals surface area contributed by atoms with Gasteiger partial charge in [-0.25, -0.2) is 4.68 Å². The highest BCUT2D eigenvalue weighted by atomic mass is 15.5. The molecule has 0 radical (unpaired) electrons. The lowest BCUT2D eigenvalue weighted by molar-refractivity contribution is 0.270. The van der Waals surface area contributed by atoms with Gasteiger partial charge in [0.2, 0.25) is 0 Å². The van der Waals surface area contributed by atoms with E-state index in [1.165, 1.54) is 25.9 Å². The van der Waals surface area contributed by atoms with E-state index in [9.17, 15) is 0 Å². The predicted octanol–water partition coefficient (Wildman–Crippen LogP) is 1.84. The molecule has 98 valence electrons. The number of hydrogen-bond acceptors (Lipinski definition) is 3. The van der Waals surface area contributed by atoms with E-state index in [1.807, 2.05) is 0 Å². The quantitative estimate of drug-likeness (QED) is 0.798. The minimum absolute atomic E-state index is 0.113. The molecule has 3 atom stereocenters. The first kappa shape index (κ1) is 11.0. The van der Waals surface area contributed by atoms with Crippen LogP contribution in [0.5, 0.6) is 0 Å². The molecule has 1 aromatic heterocycles. The van der Waals surface area contributed by atoms with E-state index in [1.54, 1.807) is 0 Å². The van der Waals surface area contributed by atoms with Gasteiger partial charge in [-0.05, 0) is 12.8 Å². The van der Waals surface area contributed by atoms with Gasteiger partial charge in [0.25, 0.3) is 0 Å². The van der Waals surface area contributed by atoms with Gasteiger partial charge in [-0.15, -0.1) is 5.10 Å². The summed E-state index contributed by atoms with van der Waals surface area (Å²) >= 11 is 0. The van der Waals surface area contributed by atoms with Gasteiger partial charge in [-0.2, -0.15) is 0 Å². The molecule has 1 aromatic rings. The predicted molar refractivity (Wildman–Crippen MR) is 69.3 cm³/mol. The van der Waals surface area contributed by atoms with Crippen LogP contribution in [0.15, 0.2) is 6.20 Å². The highest BCUT2D eigenvalue weighted by molar-refractivity contribution is 5.14. The fourth-order valence-electron chi connectivity index (χ4n) is 3.42. The molecule has 0 unspecified atom stereocenters. The Labute approximate surface area is 108 Å². The van der Waals surface area contributed by atoms with Crippen LogP contribution in [0.3, 0.4) is 0 Å². The van der Waals surface area contributed by atoms with Crippen molar-refractivity contribution >= 4 is 0 Å². The summed E-state index contributed by atoms with van der Waals surface area (Å²) in [6, 6.07) is 1.57. The highest BCUT2D eigenvalue weighted by Gasteiger charge is 2.59. The standard InChI is InChI=1S/C14H22N4/c1-14(2,3)12-8-18(16-15-12)13-10-6-17(7-11(10)13)9-4-5-9/h8-11,13H,4-7H2,1-3H3/t10-,11+,13+. The van der Waals surface area contributed by atoms with Gasteiger partial charge in [0.1, 0.15) is 0 Å². The molecule has 3 aliphatic rings. The number of aromatic nitrogens is 3. The fraction of sp³-hybridized carbons (Fsp3) is 0.857. The normalized spacial score (nSPS) is 35.8. The Morgan fingerprint density at radius 2 is 1.83 bits per heavy atom. The van der Waals surface area contributed by atoms with Crippen molar-refractivity contribution in [3.8, 4) is 0 Å². The smallest absolute Gasteiger partial charge is 0.0880 e. The van der Waals surface area contributed by atoms with Crippen LogP contribution < -0.4 is 0 Å². The van der Waals surface area contributed by atoms with E-state index in [0.717, 1.165) is 23.6 Å². The lowest BCUT2D eigenvalue weighted by atomic mass is 9.93. The zero-order valence-corrected chi connectivity index (χ0v) is 11.5. The van der Waals surface area contributed by atoms with Gasteiger partial charge >= 0.3 is 0 Å². The maximum atomic E-state index is 4.36. The molecule has 1 saturated heterocycles. The average molecular weight is 246 g/mol. The molecule has 4 rings (SSSR count). The average Bonchev–Trinajstić information content (AvgIpc) is 3.15. The van der Waals surface area contributed by atoms with Crippen molar-refractivity contribution < 1.29 is 0 Å². The Kier molecular flexibility index (Phi) is 2.04. The number of piperidine rings is 1. The van der Waals surface area contributed by atoms with Crippen LogP contribution in [0.2, 0.25) is 0 Å². The molecule has 18 heavy (non-hydrogen) atoms. The fourth-order valence-corrected chi connectivity index (χ4v) is 3.42. The maximum Gasteiger partial charge on any atom is 0.0880 e. The monoisotopic (exact) mass is 246 g/mol. The molecule has 0 N–H and O–H groups in total. The first-order valence-electron chi connectivity index (χ1n) is 7.20. The Morgan fingerprint density at radius 1 is 1.17 bits per heavy atom.